The van der Waals surface area contributed by atoms with Crippen LogP contribution in [0.5, 0.6) is 0 Å². The Labute approximate surface area is 109 Å². The third kappa shape index (κ3) is 2.05. The Morgan fingerprint density at radius 3 is 2.84 bits per heavy atom. The van der Waals surface area contributed by atoms with E-state index < -0.39 is 6.03 Å². The Morgan fingerprint density at radius 2 is 2.16 bits per heavy atom. The number of carbonyl (C=O) groups excluding carboxylic acids is 1. The highest BCUT2D eigenvalue weighted by Gasteiger charge is 2.24. The van der Waals surface area contributed by atoms with Crippen molar-refractivity contribution in [3.05, 3.63) is 46.9 Å². The summed E-state index contributed by atoms with van der Waals surface area (Å²) in [6.45, 7) is 0.775. The number of hydrogen-bond acceptors (Lipinski definition) is 3. The van der Waals surface area contributed by atoms with E-state index in [1.807, 2.05) is 0 Å². The van der Waals surface area contributed by atoms with E-state index in [0.717, 1.165) is 29.8 Å². The molecule has 19 heavy (non-hydrogen) atoms. The molecule has 2 heterocycles. The highest BCUT2D eigenvalue weighted by Crippen LogP contribution is 2.27. The lowest BCUT2D eigenvalue weighted by Crippen LogP contribution is -2.22. The number of nitrogens with zero attached hydrogens (tertiary/aromatic N) is 2. The average molecular weight is 260 g/mol. The lowest BCUT2D eigenvalue weighted by atomic mass is 10.1. The maximum atomic E-state index is 12.9. The Morgan fingerprint density at radius 1 is 1.42 bits per heavy atom. The highest BCUT2D eigenvalue weighted by atomic mass is 19.1. The summed E-state index contributed by atoms with van der Waals surface area (Å²) >= 11 is 0. The molecule has 1 aromatic carbocycles. The van der Waals surface area contributed by atoms with Gasteiger partial charge in [0, 0.05) is 18.5 Å². The molecule has 3 N–H and O–H groups in total. The van der Waals surface area contributed by atoms with Gasteiger partial charge in [0.05, 0.1) is 5.69 Å². The first-order chi connectivity index (χ1) is 9.15. The van der Waals surface area contributed by atoms with Crippen LogP contribution in [-0.4, -0.2) is 22.4 Å². The Kier molecular flexibility index (Phi) is 2.70. The molecule has 6 heteroatoms. The number of aromatic nitrogens is 2. The first-order valence-corrected chi connectivity index (χ1v) is 6.04. The van der Waals surface area contributed by atoms with Crippen LogP contribution in [0.2, 0.25) is 0 Å². The quantitative estimate of drug-likeness (QED) is 0.859. The number of hydrogen-bond donors (Lipinski definition) is 2. The molecule has 5 nitrogen and oxygen atoms in total. The first-order valence-electron chi connectivity index (χ1n) is 6.04. The molecule has 3 rings (SSSR count). The summed E-state index contributed by atoms with van der Waals surface area (Å²) in [6, 6.07) is 5.66. The van der Waals surface area contributed by atoms with Crippen LogP contribution in [0, 0.1) is 5.82 Å². The molecule has 0 bridgehead atoms. The fourth-order valence-electron chi connectivity index (χ4n) is 2.34. The molecule has 0 aliphatic carbocycles. The number of rotatable bonds is 2. The first kappa shape index (κ1) is 11.7. The molecular weight excluding hydrogens is 247 g/mol. The highest BCUT2D eigenvalue weighted by molar-refractivity contribution is 5.79. The molecule has 0 unspecified atom stereocenters. The van der Waals surface area contributed by atoms with E-state index in [9.17, 15) is 9.18 Å². The second-order valence-corrected chi connectivity index (χ2v) is 4.50. The van der Waals surface area contributed by atoms with E-state index in [1.165, 1.54) is 16.8 Å². The molecule has 0 atom stereocenters. The van der Waals surface area contributed by atoms with Gasteiger partial charge in [-0.3, -0.25) is 0 Å². The molecule has 0 fully saturated rings. The number of halogens is 1. The largest absolute Gasteiger partial charge is 0.369 e. The number of carbonyl (C=O) groups is 1. The zero-order chi connectivity index (χ0) is 13.4. The van der Waals surface area contributed by atoms with E-state index in [1.54, 1.807) is 12.1 Å². The van der Waals surface area contributed by atoms with Crippen LogP contribution < -0.4 is 11.1 Å². The summed E-state index contributed by atoms with van der Waals surface area (Å²) in [5.41, 5.74) is 8.06. The maximum Gasteiger partial charge on any atom is 0.341 e. The van der Waals surface area contributed by atoms with Crippen molar-refractivity contribution in [2.45, 2.75) is 12.8 Å². The van der Waals surface area contributed by atoms with Crippen LogP contribution >= 0.6 is 0 Å². The lowest BCUT2D eigenvalue weighted by Gasteiger charge is -2.01. The molecule has 0 radical (unpaired) electrons. The average Bonchev–Trinajstić information content (AvgIpc) is 2.95. The van der Waals surface area contributed by atoms with Crippen molar-refractivity contribution in [2.75, 3.05) is 11.9 Å². The van der Waals surface area contributed by atoms with E-state index in [2.05, 4.69) is 10.4 Å². The van der Waals surface area contributed by atoms with Gasteiger partial charge in [-0.15, -0.1) is 0 Å². The molecule has 2 aromatic rings. The number of benzene rings is 1. The third-order valence-corrected chi connectivity index (χ3v) is 3.23. The van der Waals surface area contributed by atoms with Gasteiger partial charge in [0.1, 0.15) is 11.6 Å². The van der Waals surface area contributed by atoms with Gasteiger partial charge >= 0.3 is 6.03 Å². The summed E-state index contributed by atoms with van der Waals surface area (Å²) in [6.07, 6.45) is 1.38. The molecule has 1 aliphatic heterocycles. The van der Waals surface area contributed by atoms with Gasteiger partial charge < -0.3 is 11.1 Å². The van der Waals surface area contributed by atoms with Crippen LogP contribution in [0.1, 0.15) is 16.8 Å². The predicted molar refractivity (Wildman–Crippen MR) is 68.6 cm³/mol. The molecule has 1 amide bonds. The molecule has 1 aromatic heterocycles. The smallest absolute Gasteiger partial charge is 0.341 e. The van der Waals surface area contributed by atoms with Crippen LogP contribution in [0.15, 0.2) is 24.3 Å². The fourth-order valence-corrected chi connectivity index (χ4v) is 2.34. The van der Waals surface area contributed by atoms with Crippen molar-refractivity contribution < 1.29 is 9.18 Å². The minimum Gasteiger partial charge on any atom is -0.369 e. The van der Waals surface area contributed by atoms with Crippen molar-refractivity contribution in [2.24, 2.45) is 5.73 Å². The van der Waals surface area contributed by atoms with Gasteiger partial charge in [-0.05, 0) is 24.1 Å². The lowest BCUT2D eigenvalue weighted by molar-refractivity contribution is 0.248. The zero-order valence-corrected chi connectivity index (χ0v) is 10.2. The summed E-state index contributed by atoms with van der Waals surface area (Å²) in [5.74, 6) is 0.419. The number of amides is 1. The number of nitrogens with two attached hydrogens (primary N) is 1. The van der Waals surface area contributed by atoms with Crippen LogP contribution in [0.25, 0.3) is 0 Å². The van der Waals surface area contributed by atoms with Gasteiger partial charge in [0.25, 0.3) is 0 Å². The summed E-state index contributed by atoms with van der Waals surface area (Å²) in [4.78, 5) is 11.3. The molecule has 0 saturated carbocycles. The third-order valence-electron chi connectivity index (χ3n) is 3.23. The van der Waals surface area contributed by atoms with E-state index in [4.69, 9.17) is 5.73 Å². The fraction of sp³-hybridized carbons (Fsp3) is 0.231. The number of nitrogens with one attached hydrogen (secondary N) is 1. The Balaban J connectivity index is 1.95. The van der Waals surface area contributed by atoms with E-state index >= 15 is 0 Å². The molecule has 0 saturated heterocycles. The summed E-state index contributed by atoms with van der Waals surface area (Å²) in [5, 5.41) is 7.34. The molecule has 1 aliphatic rings. The second kappa shape index (κ2) is 4.38. The van der Waals surface area contributed by atoms with Crippen LogP contribution in [0.3, 0.4) is 0 Å². The van der Waals surface area contributed by atoms with E-state index in [0.29, 0.717) is 12.2 Å². The predicted octanol–water partition coefficient (Wildman–Crippen LogP) is 1.51. The molecular formula is C13H13FN4O. The van der Waals surface area contributed by atoms with Gasteiger partial charge in [-0.25, -0.2) is 9.18 Å². The molecule has 0 spiro atoms. The van der Waals surface area contributed by atoms with Crippen LogP contribution in [0.4, 0.5) is 15.0 Å². The van der Waals surface area contributed by atoms with Gasteiger partial charge in [-0.2, -0.15) is 9.78 Å². The van der Waals surface area contributed by atoms with Crippen molar-refractivity contribution in [1.29, 1.82) is 0 Å². The Hall–Kier alpha value is -2.37. The summed E-state index contributed by atoms with van der Waals surface area (Å²) < 4.78 is 14.1. The minimum absolute atomic E-state index is 0.265. The van der Waals surface area contributed by atoms with Crippen molar-refractivity contribution >= 4 is 11.8 Å². The van der Waals surface area contributed by atoms with Crippen molar-refractivity contribution in [1.82, 2.24) is 9.78 Å². The standard InChI is InChI=1S/C13H13FN4O/c14-9-3-1-8(2-4-9)7-11-10-5-6-16-12(10)18(17-11)13(15)19/h1-4,16H,5-7H2,(H2,15,19). The maximum absolute atomic E-state index is 12.9. The number of fused-ring (bicyclic) bond motifs is 1. The van der Waals surface area contributed by atoms with Gasteiger partial charge in [0.2, 0.25) is 0 Å². The van der Waals surface area contributed by atoms with E-state index in [-0.39, 0.29) is 5.82 Å². The van der Waals surface area contributed by atoms with Crippen molar-refractivity contribution in [3.63, 3.8) is 0 Å². The van der Waals surface area contributed by atoms with Gasteiger partial charge in [0.15, 0.2) is 0 Å². The number of anilines is 1. The van der Waals surface area contributed by atoms with Crippen molar-refractivity contribution in [3.8, 4) is 0 Å². The summed E-state index contributed by atoms with van der Waals surface area (Å²) in [7, 11) is 0. The zero-order valence-electron chi connectivity index (χ0n) is 10.2. The molecule has 98 valence electrons. The normalized spacial score (nSPS) is 13.1. The monoisotopic (exact) mass is 260 g/mol. The SMILES string of the molecule is NC(=O)n1nc(Cc2ccc(F)cc2)c2c1NCC2. The van der Waals surface area contributed by atoms with Crippen LogP contribution in [-0.2, 0) is 12.8 Å². The Bertz CT molecular complexity index is 633. The topological polar surface area (TPSA) is 72.9 Å². The van der Waals surface area contributed by atoms with Gasteiger partial charge in [-0.1, -0.05) is 12.1 Å². The second-order valence-electron chi connectivity index (χ2n) is 4.50. The number of primary amides is 1. The minimum atomic E-state index is -0.601.